The van der Waals surface area contributed by atoms with Crippen LogP contribution in [0.5, 0.6) is 0 Å². The van der Waals surface area contributed by atoms with Gasteiger partial charge in [0.1, 0.15) is 12.1 Å². The van der Waals surface area contributed by atoms with E-state index < -0.39 is 30.0 Å². The Balaban J connectivity index is 2.30. The molecule has 31 heavy (non-hydrogen) atoms. The predicted octanol–water partition coefficient (Wildman–Crippen LogP) is 1.81. The zero-order valence-corrected chi connectivity index (χ0v) is 20.0. The SMILES string of the molecule is CSCC[C@@H](NC(=O)C1Cc2ccccc2CN1C(=O)[C@@H](NCCS)C(C)C)C(=O)O. The number of fused-ring (bicyclic) bond motifs is 1. The number of carbonyl (C=O) groups is 3. The van der Waals surface area contributed by atoms with Crippen LogP contribution in [0.15, 0.2) is 24.3 Å². The molecule has 0 saturated carbocycles. The van der Waals surface area contributed by atoms with E-state index >= 15 is 0 Å². The van der Waals surface area contributed by atoms with Crippen molar-refractivity contribution in [3.05, 3.63) is 35.4 Å². The Hall–Kier alpha value is -1.71. The average molecular weight is 468 g/mol. The third-order valence-corrected chi connectivity index (χ3v) is 6.34. The van der Waals surface area contributed by atoms with E-state index in [1.165, 1.54) is 11.8 Å². The van der Waals surface area contributed by atoms with E-state index in [0.29, 0.717) is 37.4 Å². The van der Waals surface area contributed by atoms with Crippen LogP contribution in [0.3, 0.4) is 0 Å². The van der Waals surface area contributed by atoms with Gasteiger partial charge in [-0.25, -0.2) is 4.79 Å². The Morgan fingerprint density at radius 3 is 2.52 bits per heavy atom. The fourth-order valence-electron chi connectivity index (χ4n) is 3.76. The quantitative estimate of drug-likeness (QED) is 0.371. The van der Waals surface area contributed by atoms with Crippen molar-refractivity contribution in [2.24, 2.45) is 5.92 Å². The molecule has 0 aromatic heterocycles. The molecule has 1 aliphatic rings. The molecule has 9 heteroatoms. The number of carboxylic acids is 1. The van der Waals surface area contributed by atoms with Gasteiger partial charge in [0.2, 0.25) is 11.8 Å². The standard InChI is InChI=1S/C22H33N3O4S2/c1-14(2)19(23-9-10-30)21(27)25-13-16-7-5-4-6-15(16)12-18(25)20(26)24-17(22(28)29)8-11-31-3/h4-7,14,17-19,23,30H,8-13H2,1-3H3,(H,24,26)(H,28,29)/t17-,18?,19+/m1/s1. The first-order valence-corrected chi connectivity index (χ1v) is 12.6. The van der Waals surface area contributed by atoms with Crippen LogP contribution in [-0.2, 0) is 27.3 Å². The van der Waals surface area contributed by atoms with Crippen molar-refractivity contribution in [1.82, 2.24) is 15.5 Å². The molecule has 0 saturated heterocycles. The van der Waals surface area contributed by atoms with E-state index in [9.17, 15) is 19.5 Å². The van der Waals surface area contributed by atoms with Gasteiger partial charge in [-0.1, -0.05) is 38.1 Å². The van der Waals surface area contributed by atoms with Crippen LogP contribution in [0.2, 0.25) is 0 Å². The maximum absolute atomic E-state index is 13.5. The number of rotatable bonds is 11. The molecule has 1 aromatic rings. The largest absolute Gasteiger partial charge is 0.480 e. The number of hydrogen-bond donors (Lipinski definition) is 4. The molecular weight excluding hydrogens is 434 g/mol. The molecule has 2 amide bonds. The summed E-state index contributed by atoms with van der Waals surface area (Å²) in [6.45, 7) is 4.82. The Morgan fingerprint density at radius 2 is 1.94 bits per heavy atom. The van der Waals surface area contributed by atoms with Gasteiger partial charge >= 0.3 is 5.97 Å². The van der Waals surface area contributed by atoms with Gasteiger partial charge in [-0.3, -0.25) is 9.59 Å². The topological polar surface area (TPSA) is 98.7 Å². The molecule has 0 radical (unpaired) electrons. The highest BCUT2D eigenvalue weighted by Crippen LogP contribution is 2.25. The molecule has 1 aromatic carbocycles. The van der Waals surface area contributed by atoms with Crippen molar-refractivity contribution in [3.63, 3.8) is 0 Å². The van der Waals surface area contributed by atoms with Crippen LogP contribution in [-0.4, -0.2) is 70.2 Å². The highest BCUT2D eigenvalue weighted by atomic mass is 32.2. The fraction of sp³-hybridized carbons (Fsp3) is 0.591. The second-order valence-electron chi connectivity index (χ2n) is 8.04. The number of nitrogens with zero attached hydrogens (tertiary/aromatic N) is 1. The summed E-state index contributed by atoms with van der Waals surface area (Å²) in [5, 5.41) is 15.4. The van der Waals surface area contributed by atoms with E-state index in [1.807, 2.05) is 44.4 Å². The van der Waals surface area contributed by atoms with Crippen LogP contribution in [0.1, 0.15) is 31.4 Å². The lowest BCUT2D eigenvalue weighted by atomic mass is 9.91. The summed E-state index contributed by atoms with van der Waals surface area (Å²) >= 11 is 5.75. The van der Waals surface area contributed by atoms with Crippen LogP contribution in [0.25, 0.3) is 0 Å². The maximum atomic E-state index is 13.5. The first-order valence-electron chi connectivity index (χ1n) is 10.5. The molecule has 7 nitrogen and oxygen atoms in total. The van der Waals surface area contributed by atoms with Gasteiger partial charge < -0.3 is 20.6 Å². The third kappa shape index (κ3) is 6.89. The van der Waals surface area contributed by atoms with Crippen LogP contribution in [0, 0.1) is 5.92 Å². The molecule has 0 bridgehead atoms. The summed E-state index contributed by atoms with van der Waals surface area (Å²) in [6, 6.07) is 5.58. The maximum Gasteiger partial charge on any atom is 0.326 e. The predicted molar refractivity (Wildman–Crippen MR) is 128 cm³/mol. The normalized spacial score (nSPS) is 17.7. The van der Waals surface area contributed by atoms with Crippen molar-refractivity contribution in [3.8, 4) is 0 Å². The fourth-order valence-corrected chi connectivity index (χ4v) is 4.36. The molecule has 1 aliphatic heterocycles. The van der Waals surface area contributed by atoms with Gasteiger partial charge in [0, 0.05) is 25.3 Å². The lowest BCUT2D eigenvalue weighted by molar-refractivity contribution is -0.146. The van der Waals surface area contributed by atoms with Crippen molar-refractivity contribution >= 4 is 42.2 Å². The van der Waals surface area contributed by atoms with E-state index in [-0.39, 0.29) is 11.8 Å². The number of aliphatic carboxylic acids is 1. The second kappa shape index (κ2) is 12.4. The van der Waals surface area contributed by atoms with Gasteiger partial charge in [-0.15, -0.1) is 0 Å². The van der Waals surface area contributed by atoms with Crippen LogP contribution < -0.4 is 10.6 Å². The number of carbonyl (C=O) groups excluding carboxylic acids is 2. The molecule has 2 rings (SSSR count). The summed E-state index contributed by atoms with van der Waals surface area (Å²) < 4.78 is 0. The second-order valence-corrected chi connectivity index (χ2v) is 9.47. The molecule has 1 heterocycles. The Bertz CT molecular complexity index is 775. The number of carboxylic acid groups (broad SMARTS) is 1. The van der Waals surface area contributed by atoms with E-state index in [1.54, 1.807) is 4.90 Å². The monoisotopic (exact) mass is 467 g/mol. The average Bonchev–Trinajstić information content (AvgIpc) is 2.75. The van der Waals surface area contributed by atoms with Gasteiger partial charge in [0.15, 0.2) is 0 Å². The first-order chi connectivity index (χ1) is 14.8. The molecule has 1 unspecified atom stereocenters. The van der Waals surface area contributed by atoms with E-state index in [2.05, 4.69) is 23.3 Å². The number of thiol groups is 1. The minimum Gasteiger partial charge on any atom is -0.480 e. The van der Waals surface area contributed by atoms with Gasteiger partial charge in [-0.2, -0.15) is 24.4 Å². The Labute approximate surface area is 194 Å². The first kappa shape index (κ1) is 25.5. The summed E-state index contributed by atoms with van der Waals surface area (Å²) in [5.74, 6) is -0.390. The number of benzene rings is 1. The lowest BCUT2D eigenvalue weighted by Gasteiger charge is -2.39. The van der Waals surface area contributed by atoms with E-state index in [0.717, 1.165) is 11.1 Å². The summed E-state index contributed by atoms with van der Waals surface area (Å²) in [5.41, 5.74) is 2.01. The summed E-state index contributed by atoms with van der Waals surface area (Å²) in [6.07, 6.45) is 2.58. The Morgan fingerprint density at radius 1 is 1.26 bits per heavy atom. The van der Waals surface area contributed by atoms with Crippen LogP contribution >= 0.6 is 24.4 Å². The minimum atomic E-state index is -1.06. The van der Waals surface area contributed by atoms with Crippen molar-refractivity contribution < 1.29 is 19.5 Å². The lowest BCUT2D eigenvalue weighted by Crippen LogP contribution is -2.59. The molecular formula is C22H33N3O4S2. The van der Waals surface area contributed by atoms with Crippen molar-refractivity contribution in [1.29, 1.82) is 0 Å². The molecule has 3 atom stereocenters. The van der Waals surface area contributed by atoms with Crippen molar-refractivity contribution in [2.75, 3.05) is 24.3 Å². The highest BCUT2D eigenvalue weighted by molar-refractivity contribution is 7.98. The van der Waals surface area contributed by atoms with E-state index in [4.69, 9.17) is 0 Å². The molecule has 0 fully saturated rings. The molecule has 172 valence electrons. The number of thioether (sulfide) groups is 1. The molecule has 0 aliphatic carbocycles. The third-order valence-electron chi connectivity index (χ3n) is 5.47. The minimum absolute atomic E-state index is 0.0293. The number of nitrogens with one attached hydrogen (secondary N) is 2. The van der Waals surface area contributed by atoms with Gasteiger partial charge in [-0.05, 0) is 35.5 Å². The zero-order valence-electron chi connectivity index (χ0n) is 18.3. The summed E-state index contributed by atoms with van der Waals surface area (Å²) in [4.78, 5) is 39.9. The zero-order chi connectivity index (χ0) is 23.0. The van der Waals surface area contributed by atoms with Gasteiger partial charge in [0.05, 0.1) is 6.04 Å². The molecule has 3 N–H and O–H groups in total. The Kier molecular flexibility index (Phi) is 10.2. The van der Waals surface area contributed by atoms with Crippen molar-refractivity contribution in [2.45, 2.75) is 51.4 Å². The number of hydrogen-bond acceptors (Lipinski definition) is 6. The highest BCUT2D eigenvalue weighted by Gasteiger charge is 2.39. The van der Waals surface area contributed by atoms with Crippen LogP contribution in [0.4, 0.5) is 0 Å². The molecule has 0 spiro atoms. The smallest absolute Gasteiger partial charge is 0.326 e. The summed E-state index contributed by atoms with van der Waals surface area (Å²) in [7, 11) is 0. The van der Waals surface area contributed by atoms with Gasteiger partial charge in [0.25, 0.3) is 0 Å². The number of amides is 2.